The van der Waals surface area contributed by atoms with Crippen LogP contribution in [0, 0.1) is 0 Å². The highest BCUT2D eigenvalue weighted by Crippen LogP contribution is 2.29. The van der Waals surface area contributed by atoms with E-state index in [9.17, 15) is 5.11 Å². The van der Waals surface area contributed by atoms with E-state index in [-0.39, 0.29) is 5.75 Å². The molecule has 0 aliphatic heterocycles. The van der Waals surface area contributed by atoms with Gasteiger partial charge in [0.25, 0.3) is 0 Å². The molecular weight excluding hydrogens is 190 g/mol. The lowest BCUT2D eigenvalue weighted by molar-refractivity contribution is 0.480. The molecule has 15 heavy (non-hydrogen) atoms. The van der Waals surface area contributed by atoms with E-state index < -0.39 is 0 Å². The van der Waals surface area contributed by atoms with Gasteiger partial charge in [0, 0.05) is 18.2 Å². The van der Waals surface area contributed by atoms with E-state index in [0.29, 0.717) is 12.6 Å². The van der Waals surface area contributed by atoms with Gasteiger partial charge in [0.15, 0.2) is 0 Å². The van der Waals surface area contributed by atoms with Gasteiger partial charge in [-0.25, -0.2) is 0 Å². The smallest absolute Gasteiger partial charge is 0.137 e. The Labute approximate surface area is 88.7 Å². The van der Waals surface area contributed by atoms with E-state index >= 15 is 0 Å². The molecule has 80 valence electrons. The number of nitrogens with one attached hydrogen (secondary N) is 1. The Kier molecular flexibility index (Phi) is 2.64. The Morgan fingerprint density at radius 1 is 1.40 bits per heavy atom. The first kappa shape index (κ1) is 10.1. The second kappa shape index (κ2) is 3.95. The minimum Gasteiger partial charge on any atom is -0.507 e. The molecular formula is C12H15NO2. The number of rotatable bonds is 3. The molecule has 0 saturated heterocycles. The summed E-state index contributed by atoms with van der Waals surface area (Å²) in [6.07, 6.45) is 1.69. The molecule has 0 atom stereocenters. The number of phenolic OH excluding ortho intramolecular Hbond substituents is 1. The first-order valence-corrected chi connectivity index (χ1v) is 5.10. The van der Waals surface area contributed by atoms with Gasteiger partial charge in [0.05, 0.1) is 11.6 Å². The summed E-state index contributed by atoms with van der Waals surface area (Å²) < 4.78 is 5.36. The zero-order chi connectivity index (χ0) is 10.8. The Morgan fingerprint density at radius 2 is 2.20 bits per heavy atom. The molecule has 2 aromatic rings. The number of furan rings is 1. The third kappa shape index (κ3) is 1.97. The molecule has 1 aromatic heterocycles. The maximum absolute atomic E-state index is 9.72. The number of phenols is 1. The van der Waals surface area contributed by atoms with Crippen molar-refractivity contribution in [3.63, 3.8) is 0 Å². The lowest BCUT2D eigenvalue weighted by Gasteiger charge is -2.06. The quantitative estimate of drug-likeness (QED) is 0.809. The van der Waals surface area contributed by atoms with Gasteiger partial charge in [-0.2, -0.15) is 0 Å². The van der Waals surface area contributed by atoms with Crippen molar-refractivity contribution in [2.45, 2.75) is 26.4 Å². The molecule has 0 spiro atoms. The summed E-state index contributed by atoms with van der Waals surface area (Å²) in [4.78, 5) is 0. The number of hydrogen-bond donors (Lipinski definition) is 2. The van der Waals surface area contributed by atoms with Crippen molar-refractivity contribution >= 4 is 11.0 Å². The van der Waals surface area contributed by atoms with E-state index in [1.165, 1.54) is 0 Å². The van der Waals surface area contributed by atoms with Crippen molar-refractivity contribution in [1.82, 2.24) is 5.32 Å². The van der Waals surface area contributed by atoms with Gasteiger partial charge >= 0.3 is 0 Å². The Balaban J connectivity index is 2.35. The normalized spacial score (nSPS) is 11.4. The van der Waals surface area contributed by atoms with Crippen LogP contribution in [0.5, 0.6) is 5.75 Å². The fraction of sp³-hybridized carbons (Fsp3) is 0.333. The molecule has 1 aromatic carbocycles. The van der Waals surface area contributed by atoms with Crippen LogP contribution < -0.4 is 5.32 Å². The number of benzene rings is 1. The molecule has 0 fully saturated rings. The number of aromatic hydroxyl groups is 1. The van der Waals surface area contributed by atoms with Crippen molar-refractivity contribution in [2.24, 2.45) is 0 Å². The zero-order valence-corrected chi connectivity index (χ0v) is 8.95. The topological polar surface area (TPSA) is 45.4 Å². The third-order valence-corrected chi connectivity index (χ3v) is 2.35. The lowest BCUT2D eigenvalue weighted by Crippen LogP contribution is -2.21. The highest BCUT2D eigenvalue weighted by molar-refractivity contribution is 5.87. The molecule has 3 nitrogen and oxygen atoms in total. The maximum Gasteiger partial charge on any atom is 0.137 e. The molecule has 0 saturated carbocycles. The first-order chi connectivity index (χ1) is 7.18. The van der Waals surface area contributed by atoms with Crippen molar-refractivity contribution in [3.05, 3.63) is 30.0 Å². The van der Waals surface area contributed by atoms with E-state index in [2.05, 4.69) is 19.2 Å². The molecule has 2 N–H and O–H groups in total. The molecule has 0 bridgehead atoms. The monoisotopic (exact) mass is 205 g/mol. The number of fused-ring (bicyclic) bond motifs is 1. The highest BCUT2D eigenvalue weighted by atomic mass is 16.3. The first-order valence-electron chi connectivity index (χ1n) is 5.10. The van der Waals surface area contributed by atoms with Crippen LogP contribution in [0.25, 0.3) is 11.0 Å². The Morgan fingerprint density at radius 3 is 2.93 bits per heavy atom. The average Bonchev–Trinajstić information content (AvgIpc) is 2.59. The van der Waals surface area contributed by atoms with E-state index in [1.807, 2.05) is 6.07 Å². The third-order valence-electron chi connectivity index (χ3n) is 2.35. The summed E-state index contributed by atoms with van der Waals surface area (Å²) in [5.41, 5.74) is 1.73. The van der Waals surface area contributed by atoms with Crippen molar-refractivity contribution in [3.8, 4) is 5.75 Å². The van der Waals surface area contributed by atoms with Crippen molar-refractivity contribution in [2.75, 3.05) is 0 Å². The second-order valence-electron chi connectivity index (χ2n) is 3.95. The van der Waals surface area contributed by atoms with Crippen LogP contribution in [0.1, 0.15) is 19.4 Å². The van der Waals surface area contributed by atoms with Crippen LogP contribution in [0.2, 0.25) is 0 Å². The molecule has 0 aliphatic carbocycles. The van der Waals surface area contributed by atoms with Gasteiger partial charge < -0.3 is 14.8 Å². The fourth-order valence-electron chi connectivity index (χ4n) is 1.58. The predicted octanol–water partition coefficient (Wildman–Crippen LogP) is 2.64. The summed E-state index contributed by atoms with van der Waals surface area (Å²) in [5, 5.41) is 13.8. The Hall–Kier alpha value is -1.48. The molecule has 3 heteroatoms. The molecule has 0 unspecified atom stereocenters. The number of hydrogen-bond acceptors (Lipinski definition) is 3. The largest absolute Gasteiger partial charge is 0.507 e. The van der Waals surface area contributed by atoms with Gasteiger partial charge in [-0.15, -0.1) is 0 Å². The minimum atomic E-state index is 0.279. The van der Waals surface area contributed by atoms with Gasteiger partial charge in [-0.05, 0) is 12.1 Å². The van der Waals surface area contributed by atoms with Crippen LogP contribution in [-0.4, -0.2) is 11.1 Å². The van der Waals surface area contributed by atoms with E-state index in [0.717, 1.165) is 16.5 Å². The summed E-state index contributed by atoms with van der Waals surface area (Å²) >= 11 is 0. The summed E-state index contributed by atoms with van der Waals surface area (Å²) in [7, 11) is 0. The van der Waals surface area contributed by atoms with Gasteiger partial charge in [0.1, 0.15) is 11.3 Å². The van der Waals surface area contributed by atoms with Crippen LogP contribution >= 0.6 is 0 Å². The van der Waals surface area contributed by atoms with Crippen molar-refractivity contribution in [1.29, 1.82) is 0 Å². The molecule has 1 heterocycles. The predicted molar refractivity (Wildman–Crippen MR) is 59.9 cm³/mol. The highest BCUT2D eigenvalue weighted by Gasteiger charge is 2.09. The minimum absolute atomic E-state index is 0.279. The lowest BCUT2D eigenvalue weighted by atomic mass is 10.1. The molecule has 2 rings (SSSR count). The summed E-state index contributed by atoms with van der Waals surface area (Å²) in [6, 6.07) is 5.73. The van der Waals surface area contributed by atoms with Crippen LogP contribution in [-0.2, 0) is 6.54 Å². The maximum atomic E-state index is 9.72. The van der Waals surface area contributed by atoms with Gasteiger partial charge in [-0.3, -0.25) is 0 Å². The Bertz CT molecular complexity index is 460. The fourth-order valence-corrected chi connectivity index (χ4v) is 1.58. The van der Waals surface area contributed by atoms with Crippen molar-refractivity contribution < 1.29 is 9.52 Å². The standard InChI is InChI=1S/C12H15NO2/c1-8(2)13-6-9-7-15-11-5-3-4-10(14)12(9)11/h3-5,7-8,13-14H,6H2,1-2H3. The van der Waals surface area contributed by atoms with Crippen LogP contribution in [0.4, 0.5) is 0 Å². The van der Waals surface area contributed by atoms with E-state index in [1.54, 1.807) is 18.4 Å². The molecule has 0 amide bonds. The average molecular weight is 205 g/mol. The summed E-state index contributed by atoms with van der Waals surface area (Å²) in [5.74, 6) is 0.279. The van der Waals surface area contributed by atoms with Crippen LogP contribution in [0.15, 0.2) is 28.9 Å². The van der Waals surface area contributed by atoms with Gasteiger partial charge in [0.2, 0.25) is 0 Å². The SMILES string of the molecule is CC(C)NCc1coc2cccc(O)c12. The second-order valence-corrected chi connectivity index (χ2v) is 3.95. The van der Waals surface area contributed by atoms with E-state index in [4.69, 9.17) is 4.42 Å². The molecule has 0 radical (unpaired) electrons. The summed E-state index contributed by atoms with van der Waals surface area (Å²) in [6.45, 7) is 4.88. The molecule has 0 aliphatic rings. The van der Waals surface area contributed by atoms with Gasteiger partial charge in [-0.1, -0.05) is 19.9 Å². The zero-order valence-electron chi connectivity index (χ0n) is 8.95. The van der Waals surface area contributed by atoms with Crippen LogP contribution in [0.3, 0.4) is 0 Å².